The van der Waals surface area contributed by atoms with Crippen molar-refractivity contribution in [3.63, 3.8) is 0 Å². The second kappa shape index (κ2) is 6.89. The quantitative estimate of drug-likeness (QED) is 0.742. The topological polar surface area (TPSA) is 75.6 Å². The summed E-state index contributed by atoms with van der Waals surface area (Å²) in [5.41, 5.74) is -0.957. The van der Waals surface area contributed by atoms with Crippen LogP contribution >= 0.6 is 0 Å². The average Bonchev–Trinajstić information content (AvgIpc) is 2.85. The normalized spacial score (nSPS) is 18.3. The Morgan fingerprint density at radius 1 is 1.37 bits per heavy atom. The van der Waals surface area contributed by atoms with E-state index in [0.29, 0.717) is 6.42 Å². The summed E-state index contributed by atoms with van der Waals surface area (Å²) < 4.78 is 5.79. The van der Waals surface area contributed by atoms with E-state index in [4.69, 9.17) is 9.84 Å². The Hall–Kier alpha value is -1.10. The monoisotopic (exact) mass is 271 g/mol. The zero-order valence-corrected chi connectivity index (χ0v) is 12.1. The Morgan fingerprint density at radius 2 is 1.95 bits per heavy atom. The molecular weight excluding hydrogens is 246 g/mol. The van der Waals surface area contributed by atoms with Gasteiger partial charge in [-0.15, -0.1) is 0 Å². The molecule has 0 aromatic rings. The fraction of sp³-hybridized carbons (Fsp3) is 0.857. The third-order valence-electron chi connectivity index (χ3n) is 3.61. The van der Waals surface area contributed by atoms with Crippen LogP contribution in [0.5, 0.6) is 0 Å². The van der Waals surface area contributed by atoms with Crippen molar-refractivity contribution in [1.29, 1.82) is 0 Å². The fourth-order valence-corrected chi connectivity index (χ4v) is 2.10. The fourth-order valence-electron chi connectivity index (χ4n) is 2.10. The van der Waals surface area contributed by atoms with Gasteiger partial charge in [0.1, 0.15) is 6.10 Å². The number of carboxylic acid groups (broad SMARTS) is 1. The molecule has 110 valence electrons. The second-order valence-electron chi connectivity index (χ2n) is 5.85. The molecule has 5 nitrogen and oxygen atoms in total. The van der Waals surface area contributed by atoms with Gasteiger partial charge in [-0.05, 0) is 33.1 Å². The molecule has 1 aliphatic rings. The van der Waals surface area contributed by atoms with Crippen LogP contribution in [-0.2, 0) is 14.3 Å². The lowest BCUT2D eigenvalue weighted by molar-refractivity contribution is -0.147. The molecule has 1 aliphatic carbocycles. The zero-order valence-electron chi connectivity index (χ0n) is 12.1. The number of carboxylic acids is 1. The van der Waals surface area contributed by atoms with Gasteiger partial charge in [0.2, 0.25) is 5.91 Å². The number of rotatable bonds is 7. The smallest absolute Gasteiger partial charge is 0.310 e. The first-order valence-electron chi connectivity index (χ1n) is 7.03. The van der Waals surface area contributed by atoms with Crippen LogP contribution in [0, 0.1) is 5.41 Å². The molecule has 0 bridgehead atoms. The van der Waals surface area contributed by atoms with Crippen molar-refractivity contribution >= 4 is 11.9 Å². The van der Waals surface area contributed by atoms with Crippen LogP contribution in [0.1, 0.15) is 52.9 Å². The SMILES string of the molecule is CCC(OC1CCCC1)C(=O)NCC(C)(C)C(=O)O. The number of carbonyl (C=O) groups excluding carboxylic acids is 1. The minimum atomic E-state index is -0.957. The summed E-state index contributed by atoms with van der Waals surface area (Å²) in [6.07, 6.45) is 4.68. The van der Waals surface area contributed by atoms with E-state index in [1.807, 2.05) is 6.92 Å². The van der Waals surface area contributed by atoms with Crippen molar-refractivity contribution in [3.05, 3.63) is 0 Å². The van der Waals surface area contributed by atoms with Gasteiger partial charge >= 0.3 is 5.97 Å². The van der Waals surface area contributed by atoms with Gasteiger partial charge in [-0.3, -0.25) is 9.59 Å². The van der Waals surface area contributed by atoms with Crippen LogP contribution in [-0.4, -0.2) is 35.7 Å². The van der Waals surface area contributed by atoms with Crippen LogP contribution in [0.25, 0.3) is 0 Å². The van der Waals surface area contributed by atoms with Crippen molar-refractivity contribution in [2.75, 3.05) is 6.54 Å². The molecule has 1 atom stereocenters. The Labute approximate surface area is 114 Å². The molecule has 1 unspecified atom stereocenters. The maximum Gasteiger partial charge on any atom is 0.310 e. The van der Waals surface area contributed by atoms with Crippen molar-refractivity contribution in [1.82, 2.24) is 5.32 Å². The summed E-state index contributed by atoms with van der Waals surface area (Å²) in [5, 5.41) is 11.7. The Balaban J connectivity index is 2.43. The molecule has 19 heavy (non-hydrogen) atoms. The van der Waals surface area contributed by atoms with Gasteiger partial charge in [-0.1, -0.05) is 19.8 Å². The molecule has 1 saturated carbocycles. The highest BCUT2D eigenvalue weighted by Crippen LogP contribution is 2.23. The summed E-state index contributed by atoms with van der Waals surface area (Å²) in [6.45, 7) is 5.20. The lowest BCUT2D eigenvalue weighted by Gasteiger charge is -2.23. The number of amides is 1. The van der Waals surface area contributed by atoms with Crippen molar-refractivity contribution in [2.45, 2.75) is 65.1 Å². The Bertz CT molecular complexity index is 321. The predicted molar refractivity (Wildman–Crippen MR) is 71.8 cm³/mol. The minimum absolute atomic E-state index is 0.117. The molecule has 2 N–H and O–H groups in total. The van der Waals surface area contributed by atoms with E-state index >= 15 is 0 Å². The van der Waals surface area contributed by atoms with Crippen LogP contribution in [0.4, 0.5) is 0 Å². The number of aliphatic carboxylic acids is 1. The highest BCUT2D eigenvalue weighted by Gasteiger charge is 2.30. The Kier molecular flexibility index (Phi) is 5.79. The number of carbonyl (C=O) groups is 2. The number of hydrogen-bond acceptors (Lipinski definition) is 3. The molecule has 0 saturated heterocycles. The molecule has 0 aromatic heterocycles. The largest absolute Gasteiger partial charge is 0.481 e. The van der Waals surface area contributed by atoms with E-state index in [9.17, 15) is 9.59 Å². The number of nitrogens with one attached hydrogen (secondary N) is 1. The molecule has 0 aromatic carbocycles. The summed E-state index contributed by atoms with van der Waals surface area (Å²) in [7, 11) is 0. The Morgan fingerprint density at radius 3 is 2.42 bits per heavy atom. The van der Waals surface area contributed by atoms with Crippen molar-refractivity contribution < 1.29 is 19.4 Å². The van der Waals surface area contributed by atoms with E-state index in [2.05, 4.69) is 5.32 Å². The summed E-state index contributed by atoms with van der Waals surface area (Å²) in [5.74, 6) is -1.12. The second-order valence-corrected chi connectivity index (χ2v) is 5.85. The first-order chi connectivity index (χ1) is 8.86. The zero-order chi connectivity index (χ0) is 14.5. The first-order valence-corrected chi connectivity index (χ1v) is 7.03. The van der Waals surface area contributed by atoms with E-state index < -0.39 is 17.5 Å². The summed E-state index contributed by atoms with van der Waals surface area (Å²) in [6, 6.07) is 0. The highest BCUT2D eigenvalue weighted by molar-refractivity contribution is 5.82. The maximum atomic E-state index is 12.0. The highest BCUT2D eigenvalue weighted by atomic mass is 16.5. The molecule has 0 aliphatic heterocycles. The van der Waals surface area contributed by atoms with Gasteiger partial charge in [0.25, 0.3) is 0 Å². The molecule has 1 amide bonds. The molecule has 1 fully saturated rings. The van der Waals surface area contributed by atoms with Crippen LogP contribution in [0.15, 0.2) is 0 Å². The van der Waals surface area contributed by atoms with Gasteiger partial charge in [0, 0.05) is 6.54 Å². The summed E-state index contributed by atoms with van der Waals surface area (Å²) in [4.78, 5) is 23.0. The van der Waals surface area contributed by atoms with Crippen molar-refractivity contribution in [3.8, 4) is 0 Å². The molecule has 0 radical (unpaired) electrons. The van der Waals surface area contributed by atoms with Crippen molar-refractivity contribution in [2.24, 2.45) is 5.41 Å². The van der Waals surface area contributed by atoms with Crippen LogP contribution in [0.2, 0.25) is 0 Å². The molecule has 5 heteroatoms. The standard InChI is InChI=1S/C14H25NO4/c1-4-11(19-10-7-5-6-8-10)12(16)15-9-14(2,3)13(17)18/h10-11H,4-9H2,1-3H3,(H,15,16)(H,17,18). The van der Waals surface area contributed by atoms with Gasteiger partial charge < -0.3 is 15.2 Å². The lowest BCUT2D eigenvalue weighted by atomic mass is 9.94. The van der Waals surface area contributed by atoms with Gasteiger partial charge in [-0.2, -0.15) is 0 Å². The van der Waals surface area contributed by atoms with Crippen LogP contribution < -0.4 is 5.32 Å². The molecule has 0 spiro atoms. The van der Waals surface area contributed by atoms with Gasteiger partial charge in [0.05, 0.1) is 11.5 Å². The summed E-state index contributed by atoms with van der Waals surface area (Å²) >= 11 is 0. The van der Waals surface area contributed by atoms with Gasteiger partial charge in [-0.25, -0.2) is 0 Å². The maximum absolute atomic E-state index is 12.0. The lowest BCUT2D eigenvalue weighted by Crippen LogP contribution is -2.44. The number of hydrogen-bond donors (Lipinski definition) is 2. The molecule has 1 rings (SSSR count). The van der Waals surface area contributed by atoms with Gasteiger partial charge in [0.15, 0.2) is 0 Å². The molecular formula is C14H25NO4. The number of ether oxygens (including phenoxy) is 1. The molecule has 0 heterocycles. The van der Waals surface area contributed by atoms with E-state index in [-0.39, 0.29) is 18.6 Å². The third-order valence-corrected chi connectivity index (χ3v) is 3.61. The minimum Gasteiger partial charge on any atom is -0.481 e. The average molecular weight is 271 g/mol. The van der Waals surface area contributed by atoms with Crippen LogP contribution in [0.3, 0.4) is 0 Å². The van der Waals surface area contributed by atoms with E-state index in [1.54, 1.807) is 13.8 Å². The first kappa shape index (κ1) is 16.0. The van der Waals surface area contributed by atoms with E-state index in [0.717, 1.165) is 25.7 Å². The predicted octanol–water partition coefficient (Wildman–Crippen LogP) is 1.95. The third kappa shape index (κ3) is 4.82. The van der Waals surface area contributed by atoms with E-state index in [1.165, 1.54) is 0 Å².